The fourth-order valence-corrected chi connectivity index (χ4v) is 3.63. The highest BCUT2D eigenvalue weighted by atomic mass is 16.5. The Morgan fingerprint density at radius 2 is 2.26 bits per heavy atom. The SMILES string of the molecule is CCn1cc(C(=O)N2CCCC3(C2)OCc2ccccc23)nn1. The molecule has 1 amide bonds. The van der Waals surface area contributed by atoms with E-state index in [-0.39, 0.29) is 11.5 Å². The molecule has 2 aromatic rings. The molecular weight excluding hydrogens is 292 g/mol. The van der Waals surface area contributed by atoms with Crippen LogP contribution < -0.4 is 0 Å². The molecule has 2 aliphatic heterocycles. The van der Waals surface area contributed by atoms with Crippen molar-refractivity contribution in [2.24, 2.45) is 0 Å². The summed E-state index contributed by atoms with van der Waals surface area (Å²) in [5.41, 5.74) is 2.52. The molecular formula is C17H20N4O2. The number of piperidine rings is 1. The quantitative estimate of drug-likeness (QED) is 0.850. The molecule has 4 rings (SSSR count). The first-order valence-electron chi connectivity index (χ1n) is 8.13. The van der Waals surface area contributed by atoms with Crippen LogP contribution in [0, 0.1) is 0 Å². The van der Waals surface area contributed by atoms with Crippen LogP contribution in [0.15, 0.2) is 30.5 Å². The number of carbonyl (C=O) groups is 1. The third-order valence-corrected chi connectivity index (χ3v) is 4.84. The van der Waals surface area contributed by atoms with E-state index in [0.29, 0.717) is 25.4 Å². The lowest BCUT2D eigenvalue weighted by Crippen LogP contribution is -2.48. The fraction of sp³-hybridized carbons (Fsp3) is 0.471. The molecule has 1 aromatic carbocycles. The molecule has 120 valence electrons. The van der Waals surface area contributed by atoms with Crippen molar-refractivity contribution >= 4 is 5.91 Å². The summed E-state index contributed by atoms with van der Waals surface area (Å²) in [6.07, 6.45) is 3.60. The van der Waals surface area contributed by atoms with Crippen LogP contribution in [-0.2, 0) is 23.5 Å². The minimum Gasteiger partial charge on any atom is -0.364 e. The third kappa shape index (κ3) is 2.34. The van der Waals surface area contributed by atoms with Crippen LogP contribution in [0.25, 0.3) is 0 Å². The number of carbonyl (C=O) groups excluding carboxylic acids is 1. The van der Waals surface area contributed by atoms with Gasteiger partial charge in [0.1, 0.15) is 5.60 Å². The topological polar surface area (TPSA) is 60.2 Å². The van der Waals surface area contributed by atoms with Gasteiger partial charge in [0.15, 0.2) is 5.69 Å². The summed E-state index contributed by atoms with van der Waals surface area (Å²) in [5.74, 6) is -0.0586. The molecule has 2 aliphatic rings. The molecule has 1 atom stereocenters. The average molecular weight is 312 g/mol. The Morgan fingerprint density at radius 3 is 3.09 bits per heavy atom. The van der Waals surface area contributed by atoms with Gasteiger partial charge in [0, 0.05) is 13.1 Å². The number of aromatic nitrogens is 3. The Kier molecular flexibility index (Phi) is 3.41. The van der Waals surface area contributed by atoms with Crippen molar-refractivity contribution < 1.29 is 9.53 Å². The van der Waals surface area contributed by atoms with E-state index in [9.17, 15) is 4.79 Å². The zero-order valence-corrected chi connectivity index (χ0v) is 13.2. The van der Waals surface area contributed by atoms with E-state index >= 15 is 0 Å². The van der Waals surface area contributed by atoms with Crippen molar-refractivity contribution in [3.8, 4) is 0 Å². The summed E-state index contributed by atoms with van der Waals surface area (Å²) in [4.78, 5) is 14.6. The lowest BCUT2D eigenvalue weighted by atomic mass is 9.85. The van der Waals surface area contributed by atoms with Gasteiger partial charge in [-0.25, -0.2) is 0 Å². The van der Waals surface area contributed by atoms with E-state index in [2.05, 4.69) is 22.4 Å². The Bertz CT molecular complexity index is 738. The lowest BCUT2D eigenvalue weighted by Gasteiger charge is -2.40. The second-order valence-corrected chi connectivity index (χ2v) is 6.23. The number of benzene rings is 1. The van der Waals surface area contributed by atoms with Crippen LogP contribution in [0.5, 0.6) is 0 Å². The van der Waals surface area contributed by atoms with Crippen molar-refractivity contribution in [2.45, 2.75) is 38.5 Å². The maximum atomic E-state index is 12.7. The number of hydrogen-bond acceptors (Lipinski definition) is 4. The number of amides is 1. The van der Waals surface area contributed by atoms with Gasteiger partial charge in [0.2, 0.25) is 0 Å². The highest BCUT2D eigenvalue weighted by Crippen LogP contribution is 2.42. The molecule has 6 heteroatoms. The zero-order chi connectivity index (χ0) is 15.9. The Labute approximate surface area is 135 Å². The van der Waals surface area contributed by atoms with Gasteiger partial charge >= 0.3 is 0 Å². The summed E-state index contributed by atoms with van der Waals surface area (Å²) in [5, 5.41) is 7.97. The van der Waals surface area contributed by atoms with Crippen molar-refractivity contribution in [2.75, 3.05) is 13.1 Å². The Balaban J connectivity index is 1.59. The zero-order valence-electron chi connectivity index (χ0n) is 13.2. The number of nitrogens with zero attached hydrogens (tertiary/aromatic N) is 4. The second kappa shape index (κ2) is 5.45. The van der Waals surface area contributed by atoms with E-state index in [1.165, 1.54) is 11.1 Å². The van der Waals surface area contributed by atoms with Crippen molar-refractivity contribution in [3.05, 3.63) is 47.3 Å². The largest absolute Gasteiger partial charge is 0.364 e. The van der Waals surface area contributed by atoms with E-state index in [0.717, 1.165) is 19.4 Å². The Morgan fingerprint density at radius 1 is 1.39 bits per heavy atom. The van der Waals surface area contributed by atoms with Gasteiger partial charge in [0.25, 0.3) is 5.91 Å². The minimum atomic E-state index is -0.356. The number of likely N-dealkylation sites (tertiary alicyclic amines) is 1. The average Bonchev–Trinajstić information content (AvgIpc) is 3.21. The number of aryl methyl sites for hydroxylation is 1. The van der Waals surface area contributed by atoms with Crippen molar-refractivity contribution in [3.63, 3.8) is 0 Å². The maximum Gasteiger partial charge on any atom is 0.276 e. The summed E-state index contributed by atoms with van der Waals surface area (Å²) in [6, 6.07) is 8.32. The molecule has 1 unspecified atom stereocenters. The lowest BCUT2D eigenvalue weighted by molar-refractivity contribution is -0.0786. The molecule has 1 saturated heterocycles. The summed E-state index contributed by atoms with van der Waals surface area (Å²) < 4.78 is 7.83. The van der Waals surface area contributed by atoms with Crippen LogP contribution in [0.1, 0.15) is 41.4 Å². The molecule has 0 aliphatic carbocycles. The molecule has 1 aromatic heterocycles. The first-order valence-corrected chi connectivity index (χ1v) is 8.13. The van der Waals surface area contributed by atoms with Crippen LogP contribution in [0.2, 0.25) is 0 Å². The Hall–Kier alpha value is -2.21. The van der Waals surface area contributed by atoms with Crippen LogP contribution in [0.3, 0.4) is 0 Å². The van der Waals surface area contributed by atoms with Gasteiger partial charge < -0.3 is 9.64 Å². The fourth-order valence-electron chi connectivity index (χ4n) is 3.63. The smallest absolute Gasteiger partial charge is 0.276 e. The van der Waals surface area contributed by atoms with Gasteiger partial charge in [-0.1, -0.05) is 29.5 Å². The third-order valence-electron chi connectivity index (χ3n) is 4.84. The van der Waals surface area contributed by atoms with Gasteiger partial charge in [-0.15, -0.1) is 5.10 Å². The number of hydrogen-bond donors (Lipinski definition) is 0. The highest BCUT2D eigenvalue weighted by molar-refractivity contribution is 5.92. The normalized spacial score (nSPS) is 23.3. The summed E-state index contributed by atoms with van der Waals surface area (Å²) in [6.45, 7) is 4.64. The van der Waals surface area contributed by atoms with Crippen molar-refractivity contribution in [1.82, 2.24) is 19.9 Å². The molecule has 1 fully saturated rings. The van der Waals surface area contributed by atoms with Gasteiger partial charge in [0.05, 0.1) is 19.3 Å². The van der Waals surface area contributed by atoms with Crippen LogP contribution in [-0.4, -0.2) is 38.9 Å². The van der Waals surface area contributed by atoms with E-state index in [1.54, 1.807) is 10.9 Å². The molecule has 3 heterocycles. The maximum absolute atomic E-state index is 12.7. The standard InChI is InChI=1S/C17H20N4O2/c1-2-21-10-15(18-19-21)16(22)20-9-5-8-17(12-20)14-7-4-3-6-13(14)11-23-17/h3-4,6-7,10H,2,5,8-9,11-12H2,1H3. The molecule has 0 saturated carbocycles. The predicted molar refractivity (Wildman–Crippen MR) is 83.7 cm³/mol. The molecule has 0 radical (unpaired) electrons. The molecule has 0 N–H and O–H groups in total. The van der Waals surface area contributed by atoms with Gasteiger partial charge in [-0.3, -0.25) is 9.48 Å². The molecule has 1 spiro atoms. The summed E-state index contributed by atoms with van der Waals surface area (Å²) in [7, 11) is 0. The molecule has 6 nitrogen and oxygen atoms in total. The van der Waals surface area contributed by atoms with Gasteiger partial charge in [-0.2, -0.15) is 0 Å². The first kappa shape index (κ1) is 14.4. The van der Waals surface area contributed by atoms with Crippen molar-refractivity contribution in [1.29, 1.82) is 0 Å². The number of rotatable bonds is 2. The minimum absolute atomic E-state index is 0.0586. The first-order chi connectivity index (χ1) is 11.2. The second-order valence-electron chi connectivity index (χ2n) is 6.23. The number of fused-ring (bicyclic) bond motifs is 2. The van der Waals surface area contributed by atoms with Crippen LogP contribution in [0.4, 0.5) is 0 Å². The predicted octanol–water partition coefficient (Wildman–Crippen LogP) is 1.96. The number of ether oxygens (including phenoxy) is 1. The molecule has 0 bridgehead atoms. The molecule has 23 heavy (non-hydrogen) atoms. The van der Waals surface area contributed by atoms with Gasteiger partial charge in [-0.05, 0) is 30.9 Å². The monoisotopic (exact) mass is 312 g/mol. The van der Waals surface area contributed by atoms with Crippen LogP contribution >= 0.6 is 0 Å². The van der Waals surface area contributed by atoms with E-state index in [4.69, 9.17) is 4.74 Å². The van der Waals surface area contributed by atoms with E-state index < -0.39 is 0 Å². The summed E-state index contributed by atoms with van der Waals surface area (Å²) >= 11 is 0. The highest BCUT2D eigenvalue weighted by Gasteiger charge is 2.44. The van der Waals surface area contributed by atoms with E-state index in [1.807, 2.05) is 24.0 Å².